The third-order valence-corrected chi connectivity index (χ3v) is 4.77. The van der Waals surface area contributed by atoms with Crippen molar-refractivity contribution in [1.29, 1.82) is 0 Å². The molecule has 9 heteroatoms. The molecule has 7 nitrogen and oxygen atoms in total. The minimum absolute atomic E-state index is 0.0433. The summed E-state index contributed by atoms with van der Waals surface area (Å²) < 4.78 is 62.4. The molecule has 2 aromatic heterocycles. The number of halogens is 2. The summed E-state index contributed by atoms with van der Waals surface area (Å²) >= 11 is 0. The highest BCUT2D eigenvalue weighted by Crippen LogP contribution is 2.45. The smallest absolute Gasteiger partial charge is 0.272 e. The molecule has 0 aliphatic carbocycles. The van der Waals surface area contributed by atoms with E-state index in [0.29, 0.717) is 11.2 Å². The third-order valence-electron chi connectivity index (χ3n) is 4.77. The number of anilines is 1. The Hall–Kier alpha value is -3.62. The molecule has 28 heavy (non-hydrogen) atoms. The Labute approximate surface area is 162 Å². The van der Waals surface area contributed by atoms with E-state index >= 15 is 0 Å². The predicted molar refractivity (Wildman–Crippen MR) is 97.9 cm³/mol. The van der Waals surface area contributed by atoms with Crippen LogP contribution >= 0.6 is 0 Å². The zero-order valence-electron chi connectivity index (χ0n) is 18.3. The molecular weight excluding hydrogens is 367 g/mol. The molecule has 0 spiro atoms. The maximum Gasteiger partial charge on any atom is 0.272 e. The summed E-state index contributed by atoms with van der Waals surface area (Å²) in [6, 6.07) is -1.67. The van der Waals surface area contributed by atoms with Crippen molar-refractivity contribution in [1.82, 2.24) is 25.0 Å². The van der Waals surface area contributed by atoms with Crippen molar-refractivity contribution in [3.8, 4) is 0 Å². The van der Waals surface area contributed by atoms with Gasteiger partial charge >= 0.3 is 0 Å². The number of aromatic amines is 1. The number of hydrogen-bond donors (Lipinski definition) is 2. The summed E-state index contributed by atoms with van der Waals surface area (Å²) in [5.74, 6) is -2.50. The zero-order valence-corrected chi connectivity index (χ0v) is 14.3. The van der Waals surface area contributed by atoms with E-state index in [1.54, 1.807) is 7.05 Å². The van der Waals surface area contributed by atoms with Crippen LogP contribution < -0.4 is 10.9 Å². The van der Waals surface area contributed by atoms with Gasteiger partial charge in [0, 0.05) is 18.1 Å². The van der Waals surface area contributed by atoms with Crippen molar-refractivity contribution >= 4 is 16.5 Å². The van der Waals surface area contributed by atoms with Gasteiger partial charge in [0.1, 0.15) is 23.8 Å². The third kappa shape index (κ3) is 2.39. The molecule has 0 amide bonds. The van der Waals surface area contributed by atoms with Gasteiger partial charge in [-0.1, -0.05) is 12.1 Å². The molecule has 2 aromatic carbocycles. The summed E-state index contributed by atoms with van der Waals surface area (Å²) in [6.45, 7) is 0. The Morgan fingerprint density at radius 2 is 1.96 bits per heavy atom. The summed E-state index contributed by atoms with van der Waals surface area (Å²) in [6.07, 6.45) is 1.29. The van der Waals surface area contributed by atoms with Crippen LogP contribution in [0.5, 0.6) is 0 Å². The number of hydrogen-bond acceptors (Lipinski definition) is 5. The van der Waals surface area contributed by atoms with Gasteiger partial charge in [-0.25, -0.2) is 18.9 Å². The second kappa shape index (κ2) is 5.95. The van der Waals surface area contributed by atoms with Gasteiger partial charge in [0.2, 0.25) is 0 Å². The summed E-state index contributed by atoms with van der Waals surface area (Å²) in [5.41, 5.74) is -0.299. The van der Waals surface area contributed by atoms with Crippen molar-refractivity contribution in [2.45, 2.75) is 12.0 Å². The fourth-order valence-corrected chi connectivity index (χ4v) is 3.60. The molecule has 4 aromatic rings. The van der Waals surface area contributed by atoms with Gasteiger partial charge in [0.05, 0.1) is 28.5 Å². The molecule has 3 heterocycles. The predicted octanol–water partition coefficient (Wildman–Crippen LogP) is 2.63. The van der Waals surface area contributed by atoms with E-state index in [1.807, 2.05) is 0 Å². The molecule has 2 atom stereocenters. The van der Waals surface area contributed by atoms with E-state index in [2.05, 4.69) is 25.6 Å². The van der Waals surface area contributed by atoms with Crippen LogP contribution in [0, 0.1) is 11.6 Å². The van der Waals surface area contributed by atoms with Crippen LogP contribution in [-0.2, 0) is 7.05 Å². The van der Waals surface area contributed by atoms with Gasteiger partial charge in [-0.2, -0.15) is 10.2 Å². The number of rotatable bonds is 2. The van der Waals surface area contributed by atoms with Crippen LogP contribution in [0.1, 0.15) is 34.5 Å². The highest BCUT2D eigenvalue weighted by atomic mass is 19.1. The second-order valence-corrected chi connectivity index (χ2v) is 6.38. The molecule has 0 fully saturated rings. The lowest BCUT2D eigenvalue weighted by Gasteiger charge is -2.33. The standard InChI is InChI=1S/C19H14F2N6O/c1-27-18(22-8-23-27)15-16(9-2-4-10(20)5-3-9)24-13-7-11(21)6-12-14(13)17(15)25-26-19(12)28/h2-8,15-16,24H,1H3,(H,26,28)/t15-,16-/m1/s1/i2D,3D,4D,5D,16+1. The number of H-pyrrole nitrogens is 1. The lowest BCUT2D eigenvalue weighted by atomic mass is 9.95. The van der Waals surface area contributed by atoms with Crippen LogP contribution in [0.4, 0.5) is 14.5 Å². The SMILES string of the molecule is [2H]c1c([2H])c([13C@H]2Nc3cc(F)cc4c(=O)[nH]nc(c34)[C@@H]2c2ncnn2C)c([2H])c([2H])c1F. The van der Waals surface area contributed by atoms with E-state index in [9.17, 15) is 13.6 Å². The van der Waals surface area contributed by atoms with Crippen molar-refractivity contribution in [2.75, 3.05) is 5.32 Å². The van der Waals surface area contributed by atoms with Crippen LogP contribution in [0.2, 0.25) is 0 Å². The largest absolute Gasteiger partial charge is 0.376 e. The van der Waals surface area contributed by atoms with Crippen molar-refractivity contribution in [3.63, 3.8) is 0 Å². The first-order valence-corrected chi connectivity index (χ1v) is 8.28. The summed E-state index contributed by atoms with van der Waals surface area (Å²) in [5, 5.41) is 14.0. The summed E-state index contributed by atoms with van der Waals surface area (Å²) in [4.78, 5) is 16.6. The maximum atomic E-state index is 14.3. The molecule has 0 radical (unpaired) electrons. The van der Waals surface area contributed by atoms with Gasteiger partial charge in [-0.05, 0) is 29.8 Å². The van der Waals surface area contributed by atoms with Crippen molar-refractivity contribution in [2.24, 2.45) is 7.05 Å². The molecule has 1 aliphatic heterocycles. The lowest BCUT2D eigenvalue weighted by molar-refractivity contribution is 0.562. The fraction of sp³-hybridized carbons (Fsp3) is 0.158. The van der Waals surface area contributed by atoms with E-state index in [1.165, 1.54) is 11.0 Å². The Morgan fingerprint density at radius 3 is 2.68 bits per heavy atom. The minimum atomic E-state index is -1.27. The van der Waals surface area contributed by atoms with E-state index in [0.717, 1.165) is 12.1 Å². The molecule has 2 N–H and O–H groups in total. The van der Waals surface area contributed by atoms with Crippen LogP contribution in [-0.4, -0.2) is 25.0 Å². The van der Waals surface area contributed by atoms with Crippen LogP contribution in [0.25, 0.3) is 10.8 Å². The highest BCUT2D eigenvalue weighted by molar-refractivity contribution is 5.97. The minimum Gasteiger partial charge on any atom is -0.376 e. The molecule has 0 bridgehead atoms. The number of nitrogens with zero attached hydrogens (tertiary/aromatic N) is 4. The Kier molecular flexibility index (Phi) is 2.70. The Morgan fingerprint density at radius 1 is 1.18 bits per heavy atom. The molecule has 0 saturated heterocycles. The number of aromatic nitrogens is 5. The maximum absolute atomic E-state index is 14.3. The van der Waals surface area contributed by atoms with Gasteiger partial charge in [-0.3, -0.25) is 9.48 Å². The quantitative estimate of drug-likeness (QED) is 0.518. The Balaban J connectivity index is 1.89. The lowest BCUT2D eigenvalue weighted by Crippen LogP contribution is -2.30. The molecule has 140 valence electrons. The molecule has 1 aliphatic rings. The van der Waals surface area contributed by atoms with E-state index < -0.39 is 53.3 Å². The molecule has 0 saturated carbocycles. The monoisotopic (exact) mass is 385 g/mol. The van der Waals surface area contributed by atoms with Crippen LogP contribution in [0.3, 0.4) is 0 Å². The normalized spacial score (nSPS) is 20.2. The van der Waals surface area contributed by atoms with Gasteiger partial charge < -0.3 is 5.32 Å². The molecule has 0 unspecified atom stereocenters. The summed E-state index contributed by atoms with van der Waals surface area (Å²) in [7, 11) is 1.61. The first-order chi connectivity index (χ1) is 15.2. The van der Waals surface area contributed by atoms with Gasteiger partial charge in [0.15, 0.2) is 0 Å². The van der Waals surface area contributed by atoms with Gasteiger partial charge in [-0.15, -0.1) is 0 Å². The van der Waals surface area contributed by atoms with Crippen molar-refractivity contribution < 1.29 is 14.3 Å². The molecule has 5 rings (SSSR count). The Bertz CT molecular complexity index is 1460. The van der Waals surface area contributed by atoms with E-state index in [4.69, 9.17) is 5.48 Å². The molecular formula is C19H14F2N6O. The topological polar surface area (TPSA) is 88.5 Å². The first kappa shape index (κ1) is 12.7. The van der Waals surface area contributed by atoms with Crippen molar-refractivity contribution in [3.05, 3.63) is 81.7 Å². The number of benzene rings is 2. The highest BCUT2D eigenvalue weighted by Gasteiger charge is 2.37. The van der Waals surface area contributed by atoms with E-state index in [-0.39, 0.29) is 22.3 Å². The fourth-order valence-electron chi connectivity index (χ4n) is 3.60. The van der Waals surface area contributed by atoms with Crippen LogP contribution in [0.15, 0.2) is 47.4 Å². The number of nitrogens with one attached hydrogen (secondary N) is 2. The van der Waals surface area contributed by atoms with Gasteiger partial charge in [0.25, 0.3) is 5.56 Å². The average Bonchev–Trinajstić information content (AvgIpc) is 3.18. The second-order valence-electron chi connectivity index (χ2n) is 6.38. The first-order valence-electron chi connectivity index (χ1n) is 10.3. The average molecular weight is 385 g/mol. The number of aryl methyl sites for hydroxylation is 1. The zero-order chi connectivity index (χ0) is 22.9.